The normalized spacial score (nSPS) is 10.8. The van der Waals surface area contributed by atoms with Crippen LogP contribution in [0.4, 0.5) is 0 Å². The molecule has 0 aliphatic heterocycles. The number of nitrogens with two attached hydrogens (primary N) is 1. The molecular weight excluding hydrogens is 244 g/mol. The molecule has 96 valence electrons. The number of aromatic nitrogens is 1. The summed E-state index contributed by atoms with van der Waals surface area (Å²) in [4.78, 5) is 4.56. The highest BCUT2D eigenvalue weighted by atomic mass is 32.1. The quantitative estimate of drug-likeness (QED) is 0.814. The molecule has 0 fully saturated rings. The van der Waals surface area contributed by atoms with Gasteiger partial charge in [-0.1, -0.05) is 31.2 Å². The minimum Gasteiger partial charge on any atom is -0.374 e. The summed E-state index contributed by atoms with van der Waals surface area (Å²) in [6.45, 7) is 3.83. The van der Waals surface area contributed by atoms with Crippen molar-refractivity contribution in [2.45, 2.75) is 20.0 Å². The summed E-state index contributed by atoms with van der Waals surface area (Å²) in [6.07, 6.45) is 1.07. The van der Waals surface area contributed by atoms with Gasteiger partial charge in [-0.25, -0.2) is 4.98 Å². The Hall–Kier alpha value is -1.23. The minimum atomic E-state index is 0.542. The van der Waals surface area contributed by atoms with Crippen molar-refractivity contribution >= 4 is 11.3 Å². The first kappa shape index (κ1) is 13.2. The molecule has 0 unspecified atom stereocenters. The molecule has 0 saturated heterocycles. The summed E-state index contributed by atoms with van der Waals surface area (Å²) in [5.74, 6) is 0. The second-order valence-corrected chi connectivity index (χ2v) is 4.89. The van der Waals surface area contributed by atoms with E-state index in [9.17, 15) is 0 Å². The molecule has 4 heteroatoms. The molecule has 2 aromatic rings. The summed E-state index contributed by atoms with van der Waals surface area (Å²) in [5, 5.41) is 3.09. The largest absolute Gasteiger partial charge is 0.374 e. The van der Waals surface area contributed by atoms with Gasteiger partial charge in [0.2, 0.25) is 0 Å². The van der Waals surface area contributed by atoms with E-state index in [0.29, 0.717) is 19.8 Å². The summed E-state index contributed by atoms with van der Waals surface area (Å²) >= 11 is 1.65. The van der Waals surface area contributed by atoms with Gasteiger partial charge in [0.05, 0.1) is 18.9 Å². The van der Waals surface area contributed by atoms with Crippen LogP contribution < -0.4 is 5.73 Å². The van der Waals surface area contributed by atoms with Crippen LogP contribution in [0.25, 0.3) is 10.6 Å². The molecule has 0 aliphatic rings. The van der Waals surface area contributed by atoms with E-state index >= 15 is 0 Å². The van der Waals surface area contributed by atoms with Gasteiger partial charge in [-0.2, -0.15) is 0 Å². The average molecular weight is 262 g/mol. The Bertz CT molecular complexity index is 479. The van der Waals surface area contributed by atoms with E-state index in [4.69, 9.17) is 10.5 Å². The Morgan fingerprint density at radius 3 is 2.72 bits per heavy atom. The smallest absolute Gasteiger partial charge is 0.123 e. The van der Waals surface area contributed by atoms with Crippen molar-refractivity contribution in [3.8, 4) is 10.6 Å². The summed E-state index contributed by atoms with van der Waals surface area (Å²) < 4.78 is 5.37. The predicted molar refractivity (Wildman–Crippen MR) is 75.6 cm³/mol. The molecule has 0 bridgehead atoms. The lowest BCUT2D eigenvalue weighted by atomic mass is 10.1. The standard InChI is InChI=1S/C14H18N2OS/c1-2-11-3-5-12(6-4-11)14-16-13(10-18-14)9-17-8-7-15/h3-6,10H,2,7-9,15H2,1H3. The second-order valence-electron chi connectivity index (χ2n) is 4.04. The van der Waals surface area contributed by atoms with Gasteiger partial charge in [0.15, 0.2) is 0 Å². The van der Waals surface area contributed by atoms with Crippen LogP contribution in [0.3, 0.4) is 0 Å². The lowest BCUT2D eigenvalue weighted by Gasteiger charge is -2.00. The number of hydrogen-bond acceptors (Lipinski definition) is 4. The molecule has 0 spiro atoms. The maximum Gasteiger partial charge on any atom is 0.123 e. The summed E-state index contributed by atoms with van der Waals surface area (Å²) in [6, 6.07) is 8.56. The summed E-state index contributed by atoms with van der Waals surface area (Å²) in [7, 11) is 0. The minimum absolute atomic E-state index is 0.542. The van der Waals surface area contributed by atoms with Crippen molar-refractivity contribution in [2.75, 3.05) is 13.2 Å². The van der Waals surface area contributed by atoms with Crippen LogP contribution in [0.2, 0.25) is 0 Å². The first-order chi connectivity index (χ1) is 8.83. The van der Waals surface area contributed by atoms with Crippen molar-refractivity contribution < 1.29 is 4.74 Å². The van der Waals surface area contributed by atoms with Crippen LogP contribution in [0, 0.1) is 0 Å². The number of benzene rings is 1. The van der Waals surface area contributed by atoms with Gasteiger partial charge in [-0.3, -0.25) is 0 Å². The van der Waals surface area contributed by atoms with Crippen LogP contribution in [-0.2, 0) is 17.8 Å². The lowest BCUT2D eigenvalue weighted by Crippen LogP contribution is -2.08. The zero-order valence-corrected chi connectivity index (χ0v) is 11.4. The lowest BCUT2D eigenvalue weighted by molar-refractivity contribution is 0.126. The molecular formula is C14H18N2OS. The van der Waals surface area contributed by atoms with Gasteiger partial charge in [0.1, 0.15) is 5.01 Å². The Morgan fingerprint density at radius 2 is 2.06 bits per heavy atom. The molecule has 18 heavy (non-hydrogen) atoms. The van der Waals surface area contributed by atoms with E-state index in [1.165, 1.54) is 11.1 Å². The zero-order valence-electron chi connectivity index (χ0n) is 10.6. The second kappa shape index (κ2) is 6.64. The first-order valence-corrected chi connectivity index (χ1v) is 7.03. The predicted octanol–water partition coefficient (Wildman–Crippen LogP) is 2.85. The molecule has 0 amide bonds. The third kappa shape index (κ3) is 3.38. The van der Waals surface area contributed by atoms with Crippen molar-refractivity contribution in [2.24, 2.45) is 5.73 Å². The Labute approximate surface area is 112 Å². The SMILES string of the molecule is CCc1ccc(-c2nc(COCCN)cs2)cc1. The number of rotatable bonds is 6. The van der Waals surface area contributed by atoms with Crippen LogP contribution >= 0.6 is 11.3 Å². The highest BCUT2D eigenvalue weighted by Crippen LogP contribution is 2.24. The third-order valence-corrected chi connectivity index (χ3v) is 3.61. The van der Waals surface area contributed by atoms with E-state index < -0.39 is 0 Å². The topological polar surface area (TPSA) is 48.1 Å². The Kier molecular flexibility index (Phi) is 4.87. The van der Waals surface area contributed by atoms with Crippen LogP contribution in [0.1, 0.15) is 18.2 Å². The number of nitrogens with zero attached hydrogens (tertiary/aromatic N) is 1. The van der Waals surface area contributed by atoms with E-state index in [2.05, 4.69) is 36.2 Å². The van der Waals surface area contributed by atoms with Crippen LogP contribution in [0.5, 0.6) is 0 Å². The van der Waals surface area contributed by atoms with Crippen LogP contribution in [0.15, 0.2) is 29.6 Å². The molecule has 0 saturated carbocycles. The van der Waals surface area contributed by atoms with Crippen molar-refractivity contribution in [3.63, 3.8) is 0 Å². The third-order valence-electron chi connectivity index (χ3n) is 2.67. The van der Waals surface area contributed by atoms with E-state index in [1.807, 2.05) is 5.38 Å². The monoisotopic (exact) mass is 262 g/mol. The summed E-state index contributed by atoms with van der Waals surface area (Å²) in [5.41, 5.74) is 8.87. The maximum absolute atomic E-state index is 5.37. The van der Waals surface area contributed by atoms with E-state index in [0.717, 1.165) is 17.1 Å². The number of ether oxygens (including phenoxy) is 1. The average Bonchev–Trinajstić information content (AvgIpc) is 2.88. The Morgan fingerprint density at radius 1 is 1.28 bits per heavy atom. The highest BCUT2D eigenvalue weighted by molar-refractivity contribution is 7.13. The van der Waals surface area contributed by atoms with Gasteiger partial charge >= 0.3 is 0 Å². The van der Waals surface area contributed by atoms with Gasteiger partial charge in [0.25, 0.3) is 0 Å². The van der Waals surface area contributed by atoms with Crippen molar-refractivity contribution in [1.29, 1.82) is 0 Å². The van der Waals surface area contributed by atoms with Gasteiger partial charge in [-0.15, -0.1) is 11.3 Å². The molecule has 0 radical (unpaired) electrons. The Balaban J connectivity index is 2.04. The number of aryl methyl sites for hydroxylation is 1. The molecule has 1 aromatic heterocycles. The van der Waals surface area contributed by atoms with Crippen molar-refractivity contribution in [1.82, 2.24) is 4.98 Å². The fourth-order valence-electron chi connectivity index (χ4n) is 1.65. The van der Waals surface area contributed by atoms with Crippen molar-refractivity contribution in [3.05, 3.63) is 40.9 Å². The van der Waals surface area contributed by atoms with E-state index in [-0.39, 0.29) is 0 Å². The zero-order chi connectivity index (χ0) is 12.8. The molecule has 0 atom stereocenters. The molecule has 1 aromatic carbocycles. The molecule has 0 aliphatic carbocycles. The van der Waals surface area contributed by atoms with E-state index in [1.54, 1.807) is 11.3 Å². The highest BCUT2D eigenvalue weighted by Gasteiger charge is 2.04. The molecule has 2 N–H and O–H groups in total. The maximum atomic E-state index is 5.37. The van der Waals surface area contributed by atoms with Gasteiger partial charge in [-0.05, 0) is 12.0 Å². The van der Waals surface area contributed by atoms with Gasteiger partial charge in [0, 0.05) is 17.5 Å². The number of hydrogen-bond donors (Lipinski definition) is 1. The molecule has 3 nitrogen and oxygen atoms in total. The van der Waals surface area contributed by atoms with Crippen LogP contribution in [-0.4, -0.2) is 18.1 Å². The molecule has 1 heterocycles. The first-order valence-electron chi connectivity index (χ1n) is 6.15. The fourth-order valence-corrected chi connectivity index (χ4v) is 2.46. The number of thiazole rings is 1. The molecule has 2 rings (SSSR count). The fraction of sp³-hybridized carbons (Fsp3) is 0.357. The van der Waals surface area contributed by atoms with Gasteiger partial charge < -0.3 is 10.5 Å².